The fraction of sp³-hybridized carbons (Fsp3) is 0.227. The zero-order valence-corrected chi connectivity index (χ0v) is 15.5. The molecule has 134 valence electrons. The second-order valence-electron chi connectivity index (χ2n) is 6.64. The Morgan fingerprint density at radius 1 is 1.04 bits per heavy atom. The molecule has 0 aliphatic carbocycles. The first-order valence-electron chi connectivity index (χ1n) is 8.82. The van der Waals surface area contributed by atoms with Gasteiger partial charge in [0.15, 0.2) is 6.04 Å². The van der Waals surface area contributed by atoms with Gasteiger partial charge in [-0.25, -0.2) is 0 Å². The van der Waals surface area contributed by atoms with Crippen LogP contribution in [-0.4, -0.2) is 26.1 Å². The minimum Gasteiger partial charge on any atom is -0.497 e. The van der Waals surface area contributed by atoms with Gasteiger partial charge in [-0.3, -0.25) is 4.79 Å². The summed E-state index contributed by atoms with van der Waals surface area (Å²) in [5, 5.41) is 5.44. The minimum absolute atomic E-state index is 0.00783. The van der Waals surface area contributed by atoms with Crippen LogP contribution in [0.25, 0.3) is 10.8 Å². The van der Waals surface area contributed by atoms with E-state index in [1.165, 1.54) is 16.3 Å². The summed E-state index contributed by atoms with van der Waals surface area (Å²) in [6.45, 7) is 2.75. The summed E-state index contributed by atoms with van der Waals surface area (Å²) in [4.78, 5) is 13.7. The van der Waals surface area contributed by atoms with E-state index in [9.17, 15) is 4.79 Å². The first-order chi connectivity index (χ1) is 12.6. The first kappa shape index (κ1) is 18.0. The molecule has 1 unspecified atom stereocenters. The lowest BCUT2D eigenvalue weighted by Gasteiger charge is -2.21. The van der Waals surface area contributed by atoms with E-state index in [4.69, 9.17) is 4.74 Å². The van der Waals surface area contributed by atoms with Crippen LogP contribution in [0, 0.1) is 0 Å². The van der Waals surface area contributed by atoms with Crippen molar-refractivity contribution in [3.05, 3.63) is 72.3 Å². The molecule has 0 radical (unpaired) electrons. The fourth-order valence-electron chi connectivity index (χ4n) is 2.97. The molecular formula is C22H25N2O2+. The highest BCUT2D eigenvalue weighted by Gasteiger charge is 2.22. The Morgan fingerprint density at radius 3 is 2.42 bits per heavy atom. The van der Waals surface area contributed by atoms with Gasteiger partial charge in [-0.2, -0.15) is 0 Å². The molecule has 26 heavy (non-hydrogen) atoms. The summed E-state index contributed by atoms with van der Waals surface area (Å²) in [5.74, 6) is 0.781. The number of nitrogens with one attached hydrogen (secondary N) is 2. The standard InChI is InChI=1S/C22H24N2O2/c1-16(22(25)23-20-10-12-21(26-3)13-11-20)24(2)15-17-8-9-18-6-4-5-7-19(18)14-17/h4-14,16H,15H2,1-3H3,(H,23,25)/p+1/t16-/m0/s1. The van der Waals surface area contributed by atoms with Gasteiger partial charge in [0.05, 0.1) is 14.2 Å². The number of methoxy groups -OCH3 is 1. The quantitative estimate of drug-likeness (QED) is 0.719. The second kappa shape index (κ2) is 8.02. The summed E-state index contributed by atoms with van der Waals surface area (Å²) in [7, 11) is 3.67. The van der Waals surface area contributed by atoms with Crippen LogP contribution in [0.5, 0.6) is 5.75 Å². The number of rotatable bonds is 6. The van der Waals surface area contributed by atoms with Gasteiger partial charge in [0.25, 0.3) is 5.91 Å². The molecule has 1 amide bonds. The number of carbonyl (C=O) groups excluding carboxylic acids is 1. The fourth-order valence-corrected chi connectivity index (χ4v) is 2.97. The van der Waals surface area contributed by atoms with Crippen molar-refractivity contribution in [3.8, 4) is 5.75 Å². The lowest BCUT2D eigenvalue weighted by atomic mass is 10.1. The highest BCUT2D eigenvalue weighted by molar-refractivity contribution is 5.93. The van der Waals surface area contributed by atoms with E-state index in [-0.39, 0.29) is 11.9 Å². The molecule has 2 atom stereocenters. The molecule has 3 aromatic carbocycles. The van der Waals surface area contributed by atoms with Crippen LogP contribution < -0.4 is 15.0 Å². The zero-order valence-electron chi connectivity index (χ0n) is 15.5. The lowest BCUT2D eigenvalue weighted by molar-refractivity contribution is -0.907. The highest BCUT2D eigenvalue weighted by Crippen LogP contribution is 2.16. The number of amides is 1. The van der Waals surface area contributed by atoms with Crippen LogP contribution >= 0.6 is 0 Å². The molecule has 0 aliphatic rings. The number of ether oxygens (including phenoxy) is 1. The summed E-state index contributed by atoms with van der Waals surface area (Å²) < 4.78 is 5.14. The number of fused-ring (bicyclic) bond motifs is 1. The maximum absolute atomic E-state index is 12.5. The van der Waals surface area contributed by atoms with Crippen LogP contribution in [0.15, 0.2) is 66.7 Å². The molecule has 0 bridgehead atoms. The monoisotopic (exact) mass is 349 g/mol. The van der Waals surface area contributed by atoms with E-state index in [0.717, 1.165) is 22.9 Å². The predicted octanol–water partition coefficient (Wildman–Crippen LogP) is 2.89. The van der Waals surface area contributed by atoms with Gasteiger partial charge < -0.3 is 15.0 Å². The number of likely N-dealkylation sites (N-methyl/N-ethyl adjacent to an activating group) is 1. The molecule has 3 rings (SSSR count). The minimum atomic E-state index is -0.163. The average molecular weight is 349 g/mol. The van der Waals surface area contributed by atoms with E-state index in [1.54, 1.807) is 7.11 Å². The number of carbonyl (C=O) groups is 1. The van der Waals surface area contributed by atoms with Crippen molar-refractivity contribution in [2.75, 3.05) is 19.5 Å². The van der Waals surface area contributed by atoms with Crippen molar-refractivity contribution < 1.29 is 14.4 Å². The second-order valence-corrected chi connectivity index (χ2v) is 6.64. The summed E-state index contributed by atoms with van der Waals surface area (Å²) in [5.41, 5.74) is 2.01. The average Bonchev–Trinajstić information content (AvgIpc) is 2.67. The summed E-state index contributed by atoms with van der Waals surface area (Å²) in [6, 6.07) is 22.0. The van der Waals surface area contributed by atoms with Gasteiger partial charge in [0.2, 0.25) is 0 Å². The smallest absolute Gasteiger partial charge is 0.282 e. The molecule has 0 saturated heterocycles. The van der Waals surface area contributed by atoms with Crippen molar-refractivity contribution in [3.63, 3.8) is 0 Å². The van der Waals surface area contributed by atoms with Crippen molar-refractivity contribution in [1.82, 2.24) is 0 Å². The molecule has 4 heteroatoms. The van der Waals surface area contributed by atoms with Gasteiger partial charge in [0.1, 0.15) is 12.3 Å². The molecule has 0 spiro atoms. The lowest BCUT2D eigenvalue weighted by Crippen LogP contribution is -3.12. The predicted molar refractivity (Wildman–Crippen MR) is 106 cm³/mol. The SMILES string of the molecule is COc1ccc(NC(=O)[C@H](C)[NH+](C)Cc2ccc3ccccc3c2)cc1. The molecule has 0 saturated carbocycles. The van der Waals surface area contributed by atoms with Gasteiger partial charge in [-0.15, -0.1) is 0 Å². The molecule has 2 N–H and O–H groups in total. The molecule has 0 aromatic heterocycles. The van der Waals surface area contributed by atoms with Crippen LogP contribution in [0.2, 0.25) is 0 Å². The zero-order chi connectivity index (χ0) is 18.5. The van der Waals surface area contributed by atoms with Crippen LogP contribution in [-0.2, 0) is 11.3 Å². The third-order valence-electron chi connectivity index (χ3n) is 4.79. The topological polar surface area (TPSA) is 42.8 Å². The Bertz CT molecular complexity index is 890. The molecule has 4 nitrogen and oxygen atoms in total. The van der Waals surface area contributed by atoms with E-state index in [1.807, 2.05) is 50.4 Å². The summed E-state index contributed by atoms with van der Waals surface area (Å²) >= 11 is 0. The van der Waals surface area contributed by atoms with Gasteiger partial charge in [-0.1, -0.05) is 36.4 Å². The Balaban J connectivity index is 1.63. The van der Waals surface area contributed by atoms with Crippen LogP contribution in [0.3, 0.4) is 0 Å². The molecule has 0 fully saturated rings. The Hall–Kier alpha value is -2.85. The molecular weight excluding hydrogens is 324 g/mol. The number of quaternary nitrogens is 1. The van der Waals surface area contributed by atoms with E-state index < -0.39 is 0 Å². The van der Waals surface area contributed by atoms with Gasteiger partial charge in [-0.05, 0) is 48.0 Å². The maximum atomic E-state index is 12.5. The maximum Gasteiger partial charge on any atom is 0.282 e. The normalized spacial score (nSPS) is 13.2. The Kier molecular flexibility index (Phi) is 5.54. The van der Waals surface area contributed by atoms with E-state index in [0.29, 0.717) is 0 Å². The van der Waals surface area contributed by atoms with Crippen LogP contribution in [0.1, 0.15) is 12.5 Å². The van der Waals surface area contributed by atoms with Gasteiger partial charge in [0, 0.05) is 11.3 Å². The first-order valence-corrected chi connectivity index (χ1v) is 8.82. The number of hydrogen-bond acceptors (Lipinski definition) is 2. The molecule has 3 aromatic rings. The Labute approximate surface area is 154 Å². The number of hydrogen-bond donors (Lipinski definition) is 2. The highest BCUT2D eigenvalue weighted by atomic mass is 16.5. The number of benzene rings is 3. The van der Waals surface area contributed by atoms with Crippen molar-refractivity contribution in [1.29, 1.82) is 0 Å². The van der Waals surface area contributed by atoms with Crippen LogP contribution in [0.4, 0.5) is 5.69 Å². The Morgan fingerprint density at radius 2 is 1.73 bits per heavy atom. The van der Waals surface area contributed by atoms with Crippen molar-refractivity contribution in [2.45, 2.75) is 19.5 Å². The largest absolute Gasteiger partial charge is 0.497 e. The number of anilines is 1. The third kappa shape index (κ3) is 4.21. The van der Waals surface area contributed by atoms with Gasteiger partial charge >= 0.3 is 0 Å². The van der Waals surface area contributed by atoms with Crippen molar-refractivity contribution in [2.24, 2.45) is 0 Å². The molecule has 0 aliphatic heterocycles. The van der Waals surface area contributed by atoms with Crippen molar-refractivity contribution >= 4 is 22.4 Å². The van der Waals surface area contributed by atoms with E-state index in [2.05, 4.69) is 35.6 Å². The third-order valence-corrected chi connectivity index (χ3v) is 4.79. The molecule has 0 heterocycles. The van der Waals surface area contributed by atoms with E-state index >= 15 is 0 Å². The summed E-state index contributed by atoms with van der Waals surface area (Å²) in [6.07, 6.45) is 0.